The number of benzene rings is 1. The van der Waals surface area contributed by atoms with Gasteiger partial charge in [0, 0.05) is 12.6 Å². The Bertz CT molecular complexity index is 951. The first-order valence-corrected chi connectivity index (χ1v) is 15.2. The van der Waals surface area contributed by atoms with Crippen LogP contribution in [0.25, 0.3) is 0 Å². The highest BCUT2D eigenvalue weighted by atomic mass is 16.7. The van der Waals surface area contributed by atoms with Crippen LogP contribution in [0.5, 0.6) is 0 Å². The number of hydrogen-bond acceptors (Lipinski definition) is 8. The standard InChI is InChI=1S/C19H27N3O5.C10H21BO2.C2H6/c1-19(2,3)27-18(25)21-11-16(23)22-14-9-15(20-10-14)17(24)26-12-13-7-5-4-6-8-13;1-6-7-8-11-12-9(2,3)10(4,5)13-11;1-2/h4-8,14-15,20H,9-12H2,1-3H3,(H,21,25)(H,22,23);6-8H2,1-5H3;1-2H3. The molecule has 0 radical (unpaired) electrons. The van der Waals surface area contributed by atoms with Gasteiger partial charge in [-0.2, -0.15) is 0 Å². The minimum atomic E-state index is -0.649. The number of hydrogen-bond donors (Lipinski definition) is 3. The van der Waals surface area contributed by atoms with Gasteiger partial charge < -0.3 is 34.7 Å². The number of amides is 2. The summed E-state index contributed by atoms with van der Waals surface area (Å²) >= 11 is 0. The van der Waals surface area contributed by atoms with Gasteiger partial charge in [0.15, 0.2) is 0 Å². The third-order valence-corrected chi connectivity index (χ3v) is 6.89. The zero-order chi connectivity index (χ0) is 32.0. The van der Waals surface area contributed by atoms with Gasteiger partial charge in [-0.15, -0.1) is 0 Å². The van der Waals surface area contributed by atoms with Crippen LogP contribution in [0.4, 0.5) is 4.79 Å². The van der Waals surface area contributed by atoms with Crippen molar-refractivity contribution in [3.05, 3.63) is 35.9 Å². The van der Waals surface area contributed by atoms with Crippen molar-refractivity contribution in [1.82, 2.24) is 16.0 Å². The molecule has 3 rings (SSSR count). The molecule has 2 aliphatic rings. The molecule has 238 valence electrons. The minimum absolute atomic E-state index is 0.00458. The molecule has 2 heterocycles. The van der Waals surface area contributed by atoms with Gasteiger partial charge >= 0.3 is 19.2 Å². The van der Waals surface area contributed by atoms with Gasteiger partial charge in [-0.1, -0.05) is 63.9 Å². The molecule has 1 aromatic rings. The van der Waals surface area contributed by atoms with Gasteiger partial charge in [0.25, 0.3) is 0 Å². The summed E-state index contributed by atoms with van der Waals surface area (Å²) in [5.74, 6) is -0.687. The first-order chi connectivity index (χ1) is 19.6. The molecule has 0 aromatic heterocycles. The molecule has 1 aromatic carbocycles. The Hall–Kier alpha value is -2.63. The number of alkyl carbamates (subject to hydrolysis) is 1. The third-order valence-electron chi connectivity index (χ3n) is 6.89. The fourth-order valence-electron chi connectivity index (χ4n) is 4.05. The molecule has 0 aliphatic carbocycles. The monoisotopic (exact) mass is 591 g/mol. The van der Waals surface area contributed by atoms with Crippen LogP contribution in [0.3, 0.4) is 0 Å². The van der Waals surface area contributed by atoms with Gasteiger partial charge in [0.1, 0.15) is 24.8 Å². The summed E-state index contributed by atoms with van der Waals surface area (Å²) in [4.78, 5) is 35.6. The van der Waals surface area contributed by atoms with Gasteiger partial charge in [0.2, 0.25) is 5.91 Å². The molecule has 2 saturated heterocycles. The summed E-state index contributed by atoms with van der Waals surface area (Å²) in [5.41, 5.74) is -0.0259. The lowest BCUT2D eigenvalue weighted by molar-refractivity contribution is -0.147. The first kappa shape index (κ1) is 37.4. The molecule has 2 aliphatic heterocycles. The molecule has 0 spiro atoms. The van der Waals surface area contributed by atoms with Crippen LogP contribution < -0.4 is 16.0 Å². The van der Waals surface area contributed by atoms with Crippen molar-refractivity contribution in [2.75, 3.05) is 13.1 Å². The zero-order valence-electron chi connectivity index (χ0n) is 27.4. The van der Waals surface area contributed by atoms with Crippen molar-refractivity contribution in [3.63, 3.8) is 0 Å². The highest BCUT2D eigenvalue weighted by Gasteiger charge is 2.50. The highest BCUT2D eigenvalue weighted by Crippen LogP contribution is 2.38. The molecule has 42 heavy (non-hydrogen) atoms. The van der Waals surface area contributed by atoms with E-state index in [-0.39, 0.29) is 49.4 Å². The van der Waals surface area contributed by atoms with E-state index in [0.717, 1.165) is 11.9 Å². The number of ether oxygens (including phenoxy) is 2. The second kappa shape index (κ2) is 17.5. The Kier molecular flexibility index (Phi) is 15.6. The number of carbonyl (C=O) groups excluding carboxylic acids is 3. The minimum Gasteiger partial charge on any atom is -0.460 e. The van der Waals surface area contributed by atoms with Crippen molar-refractivity contribution in [1.29, 1.82) is 0 Å². The molecular formula is C31H54BN3O7. The number of esters is 1. The molecule has 10 nitrogen and oxygen atoms in total. The largest absolute Gasteiger partial charge is 0.460 e. The lowest BCUT2D eigenvalue weighted by Gasteiger charge is -2.32. The van der Waals surface area contributed by atoms with E-state index in [1.807, 2.05) is 44.2 Å². The SMILES string of the molecule is CC.CC(C)(C)OC(=O)NCC(=O)NC1CNC(C(=O)OCc2ccccc2)C1.CCCCB1OC(C)(C)C(C)(C)O1. The molecule has 0 bridgehead atoms. The average molecular weight is 592 g/mol. The Morgan fingerprint density at radius 3 is 2.19 bits per heavy atom. The van der Waals surface area contributed by atoms with Gasteiger partial charge in [0.05, 0.1) is 11.2 Å². The average Bonchev–Trinajstić information content (AvgIpc) is 3.46. The topological polar surface area (TPSA) is 124 Å². The van der Waals surface area contributed by atoms with Crippen LogP contribution in [-0.2, 0) is 35.0 Å². The highest BCUT2D eigenvalue weighted by molar-refractivity contribution is 6.45. The van der Waals surface area contributed by atoms with Crippen LogP contribution in [0.15, 0.2) is 30.3 Å². The van der Waals surface area contributed by atoms with Crippen LogP contribution >= 0.6 is 0 Å². The van der Waals surface area contributed by atoms with E-state index in [9.17, 15) is 14.4 Å². The predicted molar refractivity (Wildman–Crippen MR) is 166 cm³/mol. The third kappa shape index (κ3) is 13.6. The van der Waals surface area contributed by atoms with E-state index in [0.29, 0.717) is 13.0 Å². The Morgan fingerprint density at radius 1 is 1.05 bits per heavy atom. The van der Waals surface area contributed by atoms with Crippen LogP contribution in [0, 0.1) is 0 Å². The van der Waals surface area contributed by atoms with Crippen molar-refractivity contribution >= 4 is 25.1 Å². The zero-order valence-corrected chi connectivity index (χ0v) is 27.4. The van der Waals surface area contributed by atoms with E-state index in [1.54, 1.807) is 20.8 Å². The van der Waals surface area contributed by atoms with Crippen LogP contribution in [0.2, 0.25) is 6.32 Å². The van der Waals surface area contributed by atoms with E-state index >= 15 is 0 Å². The van der Waals surface area contributed by atoms with Crippen LogP contribution in [0.1, 0.15) is 94.1 Å². The van der Waals surface area contributed by atoms with Crippen molar-refractivity contribution < 1.29 is 33.2 Å². The molecule has 0 saturated carbocycles. The summed E-state index contributed by atoms with van der Waals surface area (Å²) in [5, 5.41) is 8.22. The molecule has 2 atom stereocenters. The van der Waals surface area contributed by atoms with Gasteiger partial charge in [-0.05, 0) is 66.8 Å². The number of carbonyl (C=O) groups is 3. The van der Waals surface area contributed by atoms with E-state index < -0.39 is 17.7 Å². The maximum atomic E-state index is 12.1. The number of rotatable bonds is 9. The Balaban J connectivity index is 0.000000491. The van der Waals surface area contributed by atoms with E-state index in [2.05, 4.69) is 50.6 Å². The number of unbranched alkanes of at least 4 members (excludes halogenated alkanes) is 1. The lowest BCUT2D eigenvalue weighted by Crippen LogP contribution is -2.43. The molecule has 2 fully saturated rings. The summed E-state index contributed by atoms with van der Waals surface area (Å²) in [7, 11) is 0.00458. The fourth-order valence-corrected chi connectivity index (χ4v) is 4.05. The quantitative estimate of drug-likeness (QED) is 0.271. The maximum absolute atomic E-state index is 12.1. The summed E-state index contributed by atoms with van der Waals surface area (Å²) in [6, 6.07) is 8.77. The van der Waals surface area contributed by atoms with E-state index in [4.69, 9.17) is 18.8 Å². The number of nitrogens with one attached hydrogen (secondary N) is 3. The Labute approximate surface area is 253 Å². The lowest BCUT2D eigenvalue weighted by atomic mass is 9.82. The van der Waals surface area contributed by atoms with Crippen LogP contribution in [-0.4, -0.2) is 67.1 Å². The molecule has 2 unspecified atom stereocenters. The summed E-state index contributed by atoms with van der Waals surface area (Å²) in [6.45, 7) is 20.3. The summed E-state index contributed by atoms with van der Waals surface area (Å²) < 4.78 is 22.1. The predicted octanol–water partition coefficient (Wildman–Crippen LogP) is 5.01. The molecule has 2 amide bonds. The van der Waals surface area contributed by atoms with E-state index in [1.165, 1.54) is 12.8 Å². The van der Waals surface area contributed by atoms with Gasteiger partial charge in [-0.3, -0.25) is 9.59 Å². The maximum Gasteiger partial charge on any atom is 0.457 e. The Morgan fingerprint density at radius 2 is 1.64 bits per heavy atom. The van der Waals surface area contributed by atoms with Gasteiger partial charge in [-0.25, -0.2) is 4.79 Å². The second-order valence-electron chi connectivity index (χ2n) is 12.2. The second-order valence-corrected chi connectivity index (χ2v) is 12.2. The molecular weight excluding hydrogens is 537 g/mol. The van der Waals surface area contributed by atoms with Crippen molar-refractivity contribution in [2.24, 2.45) is 0 Å². The fraction of sp³-hybridized carbons (Fsp3) is 0.710. The first-order valence-electron chi connectivity index (χ1n) is 15.2. The normalized spacial score (nSPS) is 20.3. The molecule has 3 N–H and O–H groups in total. The van der Waals surface area contributed by atoms with Crippen molar-refractivity contribution in [3.8, 4) is 0 Å². The molecule has 11 heteroatoms. The summed E-state index contributed by atoms with van der Waals surface area (Å²) in [6.07, 6.45) is 3.18. The smallest absolute Gasteiger partial charge is 0.457 e. The van der Waals surface area contributed by atoms with Crippen molar-refractivity contribution in [2.45, 2.75) is 130 Å².